The molecule has 154 valence electrons. The van der Waals surface area contributed by atoms with Crippen LogP contribution in [0.1, 0.15) is 65.2 Å². The first-order valence-corrected chi connectivity index (χ1v) is 11.0. The van der Waals surface area contributed by atoms with Gasteiger partial charge in [0.05, 0.1) is 12.2 Å². The summed E-state index contributed by atoms with van der Waals surface area (Å²) in [5, 5.41) is 21.0. The smallest absolute Gasteiger partial charge is 0.0621 e. The molecule has 2 N–H and O–H groups in total. The standard InChI is InChI=1S/C24H41NO2/c1-17-9-10-20-19(8-6-7-15-25(4)5)21(12-14-23(17,20)2)24(3)13-11-18(26)16-22(24)27/h6-7,18-22,26-27H,1,8-16H2,2-5H3/t18-,19-,20?,21?,22-,23+,24+/m0/s1. The van der Waals surface area contributed by atoms with Gasteiger partial charge in [-0.2, -0.15) is 0 Å². The maximum absolute atomic E-state index is 11.0. The van der Waals surface area contributed by atoms with E-state index in [0.29, 0.717) is 24.2 Å². The van der Waals surface area contributed by atoms with Gasteiger partial charge in [-0.15, -0.1) is 0 Å². The van der Waals surface area contributed by atoms with Gasteiger partial charge in [0, 0.05) is 6.54 Å². The molecule has 27 heavy (non-hydrogen) atoms. The first-order valence-electron chi connectivity index (χ1n) is 11.0. The third-order valence-corrected chi connectivity index (χ3v) is 8.56. The lowest BCUT2D eigenvalue weighted by Gasteiger charge is -2.55. The van der Waals surface area contributed by atoms with Gasteiger partial charge < -0.3 is 15.1 Å². The number of rotatable bonds is 5. The SMILES string of the molecule is C=C1CCC2[C@H](CC=CCN(C)C)C([C@@]3(C)CC[C@H](O)C[C@@H]3O)CC[C@]12C. The van der Waals surface area contributed by atoms with Crippen molar-refractivity contribution in [3.63, 3.8) is 0 Å². The van der Waals surface area contributed by atoms with E-state index < -0.39 is 0 Å². The van der Waals surface area contributed by atoms with Crippen LogP contribution in [-0.4, -0.2) is 48.0 Å². The molecule has 0 aromatic rings. The molecule has 3 heteroatoms. The van der Waals surface area contributed by atoms with Gasteiger partial charge in [0.1, 0.15) is 0 Å². The molecule has 2 unspecified atom stereocenters. The first kappa shape index (κ1) is 21.1. The quantitative estimate of drug-likeness (QED) is 0.700. The Morgan fingerprint density at radius 1 is 1.07 bits per heavy atom. The molecule has 0 radical (unpaired) electrons. The second-order valence-electron chi connectivity index (χ2n) is 10.4. The minimum Gasteiger partial charge on any atom is -0.393 e. The lowest BCUT2D eigenvalue weighted by molar-refractivity contribution is -0.118. The van der Waals surface area contributed by atoms with E-state index in [9.17, 15) is 10.2 Å². The predicted molar refractivity (Wildman–Crippen MR) is 112 cm³/mol. The van der Waals surface area contributed by atoms with E-state index in [1.807, 2.05) is 0 Å². The number of nitrogens with zero attached hydrogens (tertiary/aromatic N) is 1. The molecule has 0 aromatic carbocycles. The van der Waals surface area contributed by atoms with E-state index in [-0.39, 0.29) is 23.0 Å². The Morgan fingerprint density at radius 2 is 1.81 bits per heavy atom. The topological polar surface area (TPSA) is 43.7 Å². The summed E-state index contributed by atoms with van der Waals surface area (Å²) in [5.41, 5.74) is 1.68. The third kappa shape index (κ3) is 3.93. The fourth-order valence-electron chi connectivity index (χ4n) is 6.60. The molecule has 3 nitrogen and oxygen atoms in total. The van der Waals surface area contributed by atoms with Crippen molar-refractivity contribution in [3.8, 4) is 0 Å². The Morgan fingerprint density at radius 3 is 2.48 bits per heavy atom. The number of hydrogen-bond acceptors (Lipinski definition) is 3. The Bertz CT molecular complexity index is 571. The van der Waals surface area contributed by atoms with Crippen molar-refractivity contribution in [1.29, 1.82) is 0 Å². The van der Waals surface area contributed by atoms with Crippen molar-refractivity contribution >= 4 is 0 Å². The molecule has 3 saturated carbocycles. The Hall–Kier alpha value is -0.640. The molecule has 3 fully saturated rings. The normalized spacial score (nSPS) is 45.6. The van der Waals surface area contributed by atoms with E-state index in [4.69, 9.17) is 0 Å². The van der Waals surface area contributed by atoms with Crippen LogP contribution in [0.3, 0.4) is 0 Å². The number of likely N-dealkylation sites (N-methyl/N-ethyl adjacent to an activating group) is 1. The molecule has 0 amide bonds. The molecule has 3 aliphatic rings. The molecule has 3 aliphatic carbocycles. The summed E-state index contributed by atoms with van der Waals surface area (Å²) in [7, 11) is 4.22. The Labute approximate surface area is 166 Å². The zero-order valence-electron chi connectivity index (χ0n) is 18.0. The maximum atomic E-state index is 11.0. The molecular formula is C24H41NO2. The zero-order chi connectivity index (χ0) is 19.8. The first-order chi connectivity index (χ1) is 12.7. The van der Waals surface area contributed by atoms with E-state index in [0.717, 1.165) is 25.8 Å². The van der Waals surface area contributed by atoms with Crippen LogP contribution in [0.4, 0.5) is 0 Å². The molecule has 0 aliphatic heterocycles. The van der Waals surface area contributed by atoms with Crippen molar-refractivity contribution in [3.05, 3.63) is 24.3 Å². The van der Waals surface area contributed by atoms with Gasteiger partial charge in [-0.3, -0.25) is 0 Å². The molecule has 0 bridgehead atoms. The minimum absolute atomic E-state index is 0.0649. The second kappa shape index (κ2) is 8.00. The van der Waals surface area contributed by atoms with Crippen molar-refractivity contribution in [2.75, 3.05) is 20.6 Å². The van der Waals surface area contributed by atoms with Gasteiger partial charge in [0.25, 0.3) is 0 Å². The monoisotopic (exact) mass is 375 g/mol. The summed E-state index contributed by atoms with van der Waals surface area (Å²) in [6, 6.07) is 0. The average molecular weight is 376 g/mol. The summed E-state index contributed by atoms with van der Waals surface area (Å²) >= 11 is 0. The molecule has 0 saturated heterocycles. The van der Waals surface area contributed by atoms with Crippen LogP contribution in [-0.2, 0) is 0 Å². The van der Waals surface area contributed by atoms with Crippen molar-refractivity contribution in [1.82, 2.24) is 4.90 Å². The van der Waals surface area contributed by atoms with E-state index >= 15 is 0 Å². The summed E-state index contributed by atoms with van der Waals surface area (Å²) in [4.78, 5) is 2.20. The van der Waals surface area contributed by atoms with Gasteiger partial charge in [0.2, 0.25) is 0 Å². The maximum Gasteiger partial charge on any atom is 0.0621 e. The van der Waals surface area contributed by atoms with Crippen LogP contribution in [0, 0.1) is 28.6 Å². The fourth-order valence-corrected chi connectivity index (χ4v) is 6.60. The third-order valence-electron chi connectivity index (χ3n) is 8.56. The number of aliphatic hydroxyl groups is 2. The van der Waals surface area contributed by atoms with Gasteiger partial charge in [-0.1, -0.05) is 38.2 Å². The number of aliphatic hydroxyl groups excluding tert-OH is 2. The number of allylic oxidation sites excluding steroid dienone is 2. The lowest BCUT2D eigenvalue weighted by atomic mass is 9.50. The lowest BCUT2D eigenvalue weighted by Crippen LogP contribution is -2.52. The molecule has 0 spiro atoms. The van der Waals surface area contributed by atoms with Crippen LogP contribution in [0.25, 0.3) is 0 Å². The van der Waals surface area contributed by atoms with Gasteiger partial charge in [0.15, 0.2) is 0 Å². The van der Waals surface area contributed by atoms with E-state index in [1.54, 1.807) is 0 Å². The van der Waals surface area contributed by atoms with Crippen LogP contribution < -0.4 is 0 Å². The highest BCUT2D eigenvalue weighted by atomic mass is 16.3. The summed E-state index contributed by atoms with van der Waals surface area (Å²) in [5.74, 6) is 1.83. The highest BCUT2D eigenvalue weighted by molar-refractivity contribution is 5.21. The van der Waals surface area contributed by atoms with E-state index in [2.05, 4.69) is 51.6 Å². The Kier molecular flexibility index (Phi) is 6.25. The van der Waals surface area contributed by atoms with Crippen molar-refractivity contribution in [2.24, 2.45) is 28.6 Å². The summed E-state index contributed by atoms with van der Waals surface area (Å²) in [6.07, 6.45) is 12.2. The summed E-state index contributed by atoms with van der Waals surface area (Å²) in [6.45, 7) is 10.2. The van der Waals surface area contributed by atoms with Crippen molar-refractivity contribution < 1.29 is 10.2 Å². The van der Waals surface area contributed by atoms with Crippen LogP contribution >= 0.6 is 0 Å². The van der Waals surface area contributed by atoms with Crippen LogP contribution in [0.2, 0.25) is 0 Å². The fraction of sp³-hybridized carbons (Fsp3) is 0.833. The molecule has 0 aromatic heterocycles. The van der Waals surface area contributed by atoms with Crippen LogP contribution in [0.5, 0.6) is 0 Å². The Balaban J connectivity index is 1.85. The highest BCUT2D eigenvalue weighted by Crippen LogP contribution is 2.63. The number of fused-ring (bicyclic) bond motifs is 1. The molecule has 3 rings (SSSR count). The molecule has 0 heterocycles. The predicted octanol–water partition coefficient (Wildman–Crippen LogP) is 4.41. The zero-order valence-corrected chi connectivity index (χ0v) is 18.0. The summed E-state index contributed by atoms with van der Waals surface area (Å²) < 4.78 is 0. The van der Waals surface area contributed by atoms with Gasteiger partial charge in [-0.05, 0) is 94.0 Å². The van der Waals surface area contributed by atoms with E-state index in [1.165, 1.54) is 31.3 Å². The van der Waals surface area contributed by atoms with Gasteiger partial charge in [-0.25, -0.2) is 0 Å². The van der Waals surface area contributed by atoms with Crippen LogP contribution in [0.15, 0.2) is 24.3 Å². The minimum atomic E-state index is -0.381. The number of hydrogen-bond donors (Lipinski definition) is 2. The molecule has 7 atom stereocenters. The molecular weight excluding hydrogens is 334 g/mol. The highest BCUT2D eigenvalue weighted by Gasteiger charge is 2.56. The largest absolute Gasteiger partial charge is 0.393 e. The van der Waals surface area contributed by atoms with Gasteiger partial charge >= 0.3 is 0 Å². The second-order valence-corrected chi connectivity index (χ2v) is 10.4. The van der Waals surface area contributed by atoms with Crippen molar-refractivity contribution in [2.45, 2.75) is 77.4 Å². The average Bonchev–Trinajstić information content (AvgIpc) is 2.90.